The van der Waals surface area contributed by atoms with Crippen LogP contribution < -0.4 is 5.09 Å². The summed E-state index contributed by atoms with van der Waals surface area (Å²) in [6, 6.07) is 0. The van der Waals surface area contributed by atoms with Crippen LogP contribution in [0.2, 0.25) is 0 Å². The van der Waals surface area contributed by atoms with Crippen molar-refractivity contribution in [1.29, 1.82) is 0 Å². The highest BCUT2D eigenvalue weighted by Gasteiger charge is 2.24. The predicted molar refractivity (Wildman–Crippen MR) is 61.9 cm³/mol. The summed E-state index contributed by atoms with van der Waals surface area (Å²) >= 11 is 23.2. The van der Waals surface area contributed by atoms with Crippen LogP contribution in [0, 0.1) is 0 Å². The first-order chi connectivity index (χ1) is 5.37. The minimum absolute atomic E-state index is 1.64. The van der Waals surface area contributed by atoms with Crippen molar-refractivity contribution in [2.24, 2.45) is 13.5 Å². The van der Waals surface area contributed by atoms with E-state index in [0.717, 1.165) is 0 Å². The van der Waals surface area contributed by atoms with Crippen molar-refractivity contribution in [2.45, 2.75) is 0 Å². The summed E-state index contributed by atoms with van der Waals surface area (Å²) in [6.45, 7) is -2.44. The van der Waals surface area contributed by atoms with Crippen molar-refractivity contribution in [3.8, 4) is 0 Å². The van der Waals surface area contributed by atoms with Crippen molar-refractivity contribution >= 4 is 64.8 Å². The molecule has 1 heterocycles. The highest BCUT2D eigenvalue weighted by molar-refractivity contribution is 8.16. The largest absolute Gasteiger partial charge is 0.256 e. The minimum atomic E-state index is -2.66. The summed E-state index contributed by atoms with van der Waals surface area (Å²) in [7, 11) is -0.111. The van der Waals surface area contributed by atoms with E-state index in [0.29, 0.717) is 0 Å². The van der Waals surface area contributed by atoms with Crippen LogP contribution in [0.3, 0.4) is 0 Å². The van der Waals surface area contributed by atoms with E-state index >= 15 is 0 Å². The van der Waals surface area contributed by atoms with Gasteiger partial charge in [-0.05, 0) is 40.8 Å². The van der Waals surface area contributed by atoms with Gasteiger partial charge in [-0.3, -0.25) is 5.09 Å². The van der Waals surface area contributed by atoms with Gasteiger partial charge in [0.15, 0.2) is 7.22 Å². The molecule has 0 aromatic rings. The Labute approximate surface area is 90.3 Å². The molecular weight excluding hydrogens is 303 g/mol. The molecule has 0 radical (unpaired) electrons. The average molecular weight is 308 g/mol. The van der Waals surface area contributed by atoms with E-state index in [1.165, 1.54) is 0 Å². The van der Waals surface area contributed by atoms with E-state index < -0.39 is 19.8 Å². The van der Waals surface area contributed by atoms with E-state index in [1.54, 1.807) is 7.05 Å². The van der Waals surface area contributed by atoms with Gasteiger partial charge in [-0.2, -0.15) is 4.52 Å². The van der Waals surface area contributed by atoms with Crippen LogP contribution in [-0.4, -0.2) is 7.05 Å². The summed E-state index contributed by atoms with van der Waals surface area (Å²) in [4.78, 5) is 0. The van der Waals surface area contributed by atoms with E-state index in [2.05, 4.69) is 18.6 Å². The molecule has 72 valence electrons. The van der Waals surface area contributed by atoms with Gasteiger partial charge in [0.1, 0.15) is 0 Å². The van der Waals surface area contributed by atoms with Crippen LogP contribution in [0.15, 0.2) is 13.5 Å². The Morgan fingerprint density at radius 1 is 1.33 bits per heavy atom. The minimum Gasteiger partial charge on any atom is -0.256 e. The zero-order valence-electron chi connectivity index (χ0n) is 5.75. The molecule has 0 fully saturated rings. The highest BCUT2D eigenvalue weighted by atomic mass is 35.9. The smallest absolute Gasteiger partial charge is 0.256 e. The Morgan fingerprint density at radius 2 is 1.92 bits per heavy atom. The normalized spacial score (nSPS) is 39.2. The second-order valence-corrected chi connectivity index (χ2v) is 12.8. The molecule has 1 rings (SSSR count). The Hall–Kier alpha value is 1.81. The lowest BCUT2D eigenvalue weighted by molar-refractivity contribution is 1.25. The first-order valence-corrected chi connectivity index (χ1v) is 11.2. The van der Waals surface area contributed by atoms with Crippen molar-refractivity contribution < 1.29 is 0 Å². The monoisotopic (exact) mass is 306 g/mol. The Kier molecular flexibility index (Phi) is 4.09. The van der Waals surface area contributed by atoms with Gasteiger partial charge in [-0.25, -0.2) is 9.03 Å². The van der Waals surface area contributed by atoms with Crippen molar-refractivity contribution in [2.75, 3.05) is 7.05 Å². The molecule has 2 unspecified atom stereocenters. The summed E-state index contributed by atoms with van der Waals surface area (Å²) in [6.07, 6.45) is 0. The Balaban J connectivity index is 3.28. The molecule has 0 aromatic heterocycles. The summed E-state index contributed by atoms with van der Waals surface area (Å²) in [5, 5.41) is 2.75. The first-order valence-electron chi connectivity index (χ1n) is 2.67. The van der Waals surface area contributed by atoms with E-state index in [1.807, 2.05) is 0 Å². The van der Waals surface area contributed by atoms with Gasteiger partial charge in [0.25, 0.3) is 5.91 Å². The third kappa shape index (κ3) is 3.19. The zero-order valence-corrected chi connectivity index (χ0v) is 11.6. The summed E-state index contributed by atoms with van der Waals surface area (Å²) in [5.41, 5.74) is 0. The van der Waals surface area contributed by atoms with Gasteiger partial charge in [0.05, 0.1) is 0 Å². The van der Waals surface area contributed by atoms with Crippen LogP contribution in [0.1, 0.15) is 0 Å². The van der Waals surface area contributed by atoms with Crippen LogP contribution in [0.4, 0.5) is 0 Å². The molecular formula is CH5Cl4N4P3. The Bertz CT molecular complexity index is 327. The average Bonchev–Trinajstić information content (AvgIpc) is 1.82. The molecule has 0 aromatic carbocycles. The highest BCUT2D eigenvalue weighted by Crippen LogP contribution is 2.78. The van der Waals surface area contributed by atoms with E-state index in [9.17, 15) is 0 Å². The molecule has 0 saturated carbocycles. The lowest BCUT2D eigenvalue weighted by Gasteiger charge is -2.17. The van der Waals surface area contributed by atoms with Gasteiger partial charge >= 0.3 is 0 Å². The molecule has 1 aliphatic rings. The zero-order chi connectivity index (χ0) is 9.41. The predicted octanol–water partition coefficient (Wildman–Crippen LogP) is 5.29. The van der Waals surface area contributed by atoms with Gasteiger partial charge in [0.2, 0.25) is 6.71 Å². The summed E-state index contributed by atoms with van der Waals surface area (Å²) < 4.78 is 11.8. The molecule has 1 N–H and O–H groups in total. The molecule has 0 spiro atoms. The number of rotatable bonds is 1. The third-order valence-corrected chi connectivity index (χ3v) is 12.4. The molecule has 0 bridgehead atoms. The third-order valence-electron chi connectivity index (χ3n) is 0.929. The lowest BCUT2D eigenvalue weighted by Crippen LogP contribution is -1.94. The number of halogens is 4. The molecule has 1 aliphatic heterocycles. The second-order valence-electron chi connectivity index (χ2n) is 1.76. The van der Waals surface area contributed by atoms with Crippen molar-refractivity contribution in [3.05, 3.63) is 0 Å². The lowest BCUT2D eigenvalue weighted by atomic mass is 11.6. The SMILES string of the molecule is CNP1(Cl)=NP(Cl)(Cl)=N[PH](Cl)=N1. The number of nitrogens with one attached hydrogen (secondary N) is 1. The van der Waals surface area contributed by atoms with Crippen LogP contribution in [0.25, 0.3) is 0 Å². The molecule has 0 amide bonds. The standard InChI is InChI=1S/CH5Cl4N4P3/c1-6-12(5)8-10(2)7-11(3,4)9-12/h6,10H,1H3. The van der Waals surface area contributed by atoms with Gasteiger partial charge in [0, 0.05) is 0 Å². The first kappa shape index (κ1) is 11.9. The second kappa shape index (κ2) is 4.13. The quantitative estimate of drug-likeness (QED) is 0.657. The van der Waals surface area contributed by atoms with Crippen LogP contribution in [-0.2, 0) is 0 Å². The topological polar surface area (TPSA) is 49.1 Å². The maximum Gasteiger partial charge on any atom is 0.256 e. The van der Waals surface area contributed by atoms with E-state index in [-0.39, 0.29) is 0 Å². The fraction of sp³-hybridized carbons (Fsp3) is 1.00. The molecule has 4 nitrogen and oxygen atoms in total. The van der Waals surface area contributed by atoms with Crippen LogP contribution >= 0.6 is 64.8 Å². The van der Waals surface area contributed by atoms with Crippen LogP contribution in [0.5, 0.6) is 0 Å². The molecule has 11 heteroatoms. The summed E-state index contributed by atoms with van der Waals surface area (Å²) in [5.74, 6) is -2.66. The molecule has 0 saturated heterocycles. The molecule has 12 heavy (non-hydrogen) atoms. The van der Waals surface area contributed by atoms with Crippen molar-refractivity contribution in [3.63, 3.8) is 0 Å². The fourth-order valence-electron chi connectivity index (χ4n) is 0.506. The van der Waals surface area contributed by atoms with Crippen molar-refractivity contribution in [1.82, 2.24) is 5.09 Å². The van der Waals surface area contributed by atoms with Gasteiger partial charge in [-0.1, -0.05) is 11.2 Å². The maximum atomic E-state index is 5.95. The number of hydrogen-bond acceptors (Lipinski definition) is 4. The van der Waals surface area contributed by atoms with Gasteiger partial charge in [-0.15, -0.1) is 0 Å². The molecule has 0 aliphatic carbocycles. The number of nitrogens with zero attached hydrogens (tertiary/aromatic N) is 3. The van der Waals surface area contributed by atoms with Gasteiger partial charge < -0.3 is 0 Å². The molecule has 2 atom stereocenters. The Morgan fingerprint density at radius 3 is 2.33 bits per heavy atom. The fourth-order valence-corrected chi connectivity index (χ4v) is 13.8. The maximum absolute atomic E-state index is 5.95. The van der Waals surface area contributed by atoms with E-state index in [4.69, 9.17) is 45.0 Å². The number of hydrogen-bond donors (Lipinski definition) is 1.